The standard InChI is InChI=1S/C10H10BrFN2/c1-14-8-4-2-3-7(12)9(8)6(5-13)10(14)11/h2-4H,5,13H2,1H3. The molecule has 0 atom stereocenters. The summed E-state index contributed by atoms with van der Waals surface area (Å²) in [6.07, 6.45) is 0. The molecule has 4 heteroatoms. The summed E-state index contributed by atoms with van der Waals surface area (Å²) in [5.74, 6) is -0.218. The Morgan fingerprint density at radius 3 is 2.86 bits per heavy atom. The highest BCUT2D eigenvalue weighted by Crippen LogP contribution is 2.30. The van der Waals surface area contributed by atoms with Crippen molar-refractivity contribution in [1.82, 2.24) is 4.57 Å². The van der Waals surface area contributed by atoms with Crippen molar-refractivity contribution in [3.05, 3.63) is 34.2 Å². The normalized spacial score (nSPS) is 11.1. The highest BCUT2D eigenvalue weighted by molar-refractivity contribution is 9.10. The number of hydrogen-bond donors (Lipinski definition) is 1. The van der Waals surface area contributed by atoms with Crippen molar-refractivity contribution in [2.45, 2.75) is 6.54 Å². The molecule has 1 heterocycles. The van der Waals surface area contributed by atoms with Crippen LogP contribution in [0.1, 0.15) is 5.56 Å². The summed E-state index contributed by atoms with van der Waals surface area (Å²) in [7, 11) is 1.88. The van der Waals surface area contributed by atoms with Gasteiger partial charge in [-0.3, -0.25) is 0 Å². The Kier molecular flexibility index (Phi) is 2.33. The van der Waals surface area contributed by atoms with E-state index in [0.717, 1.165) is 15.7 Å². The number of nitrogens with zero attached hydrogens (tertiary/aromatic N) is 1. The summed E-state index contributed by atoms with van der Waals surface area (Å²) in [6.45, 7) is 0.332. The van der Waals surface area contributed by atoms with Gasteiger partial charge in [0, 0.05) is 24.5 Å². The summed E-state index contributed by atoms with van der Waals surface area (Å²) in [4.78, 5) is 0. The second kappa shape index (κ2) is 3.37. The van der Waals surface area contributed by atoms with Crippen molar-refractivity contribution < 1.29 is 4.39 Å². The van der Waals surface area contributed by atoms with Crippen LogP contribution < -0.4 is 5.73 Å². The number of benzene rings is 1. The van der Waals surface area contributed by atoms with Crippen molar-refractivity contribution in [2.24, 2.45) is 12.8 Å². The lowest BCUT2D eigenvalue weighted by Crippen LogP contribution is -1.97. The SMILES string of the molecule is Cn1c(Br)c(CN)c2c(F)cccc21. The predicted octanol–water partition coefficient (Wildman–Crippen LogP) is 2.54. The van der Waals surface area contributed by atoms with Gasteiger partial charge in [0.15, 0.2) is 0 Å². The van der Waals surface area contributed by atoms with Gasteiger partial charge >= 0.3 is 0 Å². The molecule has 0 saturated carbocycles. The fourth-order valence-electron chi connectivity index (χ4n) is 1.69. The molecule has 0 aliphatic rings. The quantitative estimate of drug-likeness (QED) is 0.836. The third-order valence-electron chi connectivity index (χ3n) is 2.40. The van der Waals surface area contributed by atoms with E-state index in [1.54, 1.807) is 6.07 Å². The number of aromatic nitrogens is 1. The molecule has 0 bridgehead atoms. The minimum absolute atomic E-state index is 0.218. The van der Waals surface area contributed by atoms with Gasteiger partial charge in [-0.25, -0.2) is 4.39 Å². The first-order valence-corrected chi connectivity index (χ1v) is 5.07. The summed E-state index contributed by atoms with van der Waals surface area (Å²) in [5.41, 5.74) is 7.27. The van der Waals surface area contributed by atoms with Crippen LogP contribution in [0.5, 0.6) is 0 Å². The van der Waals surface area contributed by atoms with Crippen molar-refractivity contribution >= 4 is 26.8 Å². The molecule has 0 unspecified atom stereocenters. The van der Waals surface area contributed by atoms with E-state index in [9.17, 15) is 4.39 Å². The number of rotatable bonds is 1. The van der Waals surface area contributed by atoms with Crippen molar-refractivity contribution in [3.63, 3.8) is 0 Å². The van der Waals surface area contributed by atoms with Crippen LogP contribution in [0.2, 0.25) is 0 Å². The van der Waals surface area contributed by atoms with Gasteiger partial charge < -0.3 is 10.3 Å². The number of halogens is 2. The minimum Gasteiger partial charge on any atom is -0.338 e. The molecular weight excluding hydrogens is 247 g/mol. The monoisotopic (exact) mass is 256 g/mol. The zero-order chi connectivity index (χ0) is 10.3. The molecule has 2 nitrogen and oxygen atoms in total. The van der Waals surface area contributed by atoms with E-state index in [1.807, 2.05) is 17.7 Å². The summed E-state index contributed by atoms with van der Waals surface area (Å²) >= 11 is 3.40. The van der Waals surface area contributed by atoms with Crippen LogP contribution >= 0.6 is 15.9 Å². The highest BCUT2D eigenvalue weighted by Gasteiger charge is 2.14. The second-order valence-corrected chi connectivity index (χ2v) is 3.92. The first-order chi connectivity index (χ1) is 6.66. The molecule has 14 heavy (non-hydrogen) atoms. The Balaban J connectivity index is 2.96. The van der Waals surface area contributed by atoms with E-state index in [0.29, 0.717) is 11.9 Å². The molecule has 74 valence electrons. The van der Waals surface area contributed by atoms with Gasteiger partial charge in [0.1, 0.15) is 5.82 Å². The molecule has 0 radical (unpaired) electrons. The van der Waals surface area contributed by atoms with Gasteiger partial charge in [-0.15, -0.1) is 0 Å². The molecule has 1 aromatic carbocycles. The topological polar surface area (TPSA) is 30.9 Å². The summed E-state index contributed by atoms with van der Waals surface area (Å²) in [5, 5.41) is 0.615. The first kappa shape index (κ1) is 9.68. The van der Waals surface area contributed by atoms with Crippen molar-refractivity contribution in [1.29, 1.82) is 0 Å². The van der Waals surface area contributed by atoms with Gasteiger partial charge in [-0.05, 0) is 28.1 Å². The molecule has 2 rings (SSSR count). The molecule has 0 fully saturated rings. The lowest BCUT2D eigenvalue weighted by Gasteiger charge is -1.96. The fourth-order valence-corrected chi connectivity index (χ4v) is 2.24. The molecule has 0 amide bonds. The smallest absolute Gasteiger partial charge is 0.132 e. The van der Waals surface area contributed by atoms with E-state index in [1.165, 1.54) is 6.07 Å². The van der Waals surface area contributed by atoms with E-state index < -0.39 is 0 Å². The lowest BCUT2D eigenvalue weighted by atomic mass is 10.1. The molecular formula is C10H10BrFN2. The van der Waals surface area contributed by atoms with E-state index in [4.69, 9.17) is 5.73 Å². The first-order valence-electron chi connectivity index (χ1n) is 4.28. The Hall–Kier alpha value is -0.870. The average Bonchev–Trinajstić information content (AvgIpc) is 2.43. The summed E-state index contributed by atoms with van der Waals surface area (Å²) in [6, 6.07) is 5.03. The molecule has 1 aromatic heterocycles. The Morgan fingerprint density at radius 1 is 1.50 bits per heavy atom. The second-order valence-electron chi connectivity index (χ2n) is 3.17. The molecule has 0 spiro atoms. The van der Waals surface area contributed by atoms with Crippen LogP contribution in [0.4, 0.5) is 4.39 Å². The predicted molar refractivity (Wildman–Crippen MR) is 58.5 cm³/mol. The van der Waals surface area contributed by atoms with Crippen LogP contribution in [0.3, 0.4) is 0 Å². The number of nitrogens with two attached hydrogens (primary N) is 1. The fraction of sp³-hybridized carbons (Fsp3) is 0.200. The number of fused-ring (bicyclic) bond motifs is 1. The molecule has 2 N–H and O–H groups in total. The average molecular weight is 257 g/mol. The van der Waals surface area contributed by atoms with Gasteiger partial charge in [-0.2, -0.15) is 0 Å². The number of aryl methyl sites for hydroxylation is 1. The maximum absolute atomic E-state index is 13.5. The molecule has 0 saturated heterocycles. The Morgan fingerprint density at radius 2 is 2.21 bits per heavy atom. The molecule has 0 aliphatic carbocycles. The zero-order valence-corrected chi connectivity index (χ0v) is 9.31. The van der Waals surface area contributed by atoms with E-state index in [2.05, 4.69) is 15.9 Å². The van der Waals surface area contributed by atoms with Gasteiger partial charge in [0.25, 0.3) is 0 Å². The molecule has 2 aromatic rings. The Bertz CT molecular complexity index is 490. The van der Waals surface area contributed by atoms with Crippen LogP contribution in [-0.2, 0) is 13.6 Å². The maximum atomic E-state index is 13.5. The largest absolute Gasteiger partial charge is 0.338 e. The third-order valence-corrected chi connectivity index (χ3v) is 3.41. The van der Waals surface area contributed by atoms with Gasteiger partial charge in [0.2, 0.25) is 0 Å². The van der Waals surface area contributed by atoms with Crippen LogP contribution in [0.15, 0.2) is 22.8 Å². The summed E-state index contributed by atoms with van der Waals surface area (Å²) < 4.78 is 16.3. The van der Waals surface area contributed by atoms with Crippen LogP contribution in [0, 0.1) is 5.82 Å². The van der Waals surface area contributed by atoms with Crippen LogP contribution in [-0.4, -0.2) is 4.57 Å². The minimum atomic E-state index is -0.218. The zero-order valence-electron chi connectivity index (χ0n) is 7.72. The van der Waals surface area contributed by atoms with Gasteiger partial charge in [0.05, 0.1) is 10.1 Å². The Labute approximate surface area is 89.6 Å². The number of hydrogen-bond acceptors (Lipinski definition) is 1. The van der Waals surface area contributed by atoms with Gasteiger partial charge in [-0.1, -0.05) is 6.07 Å². The molecule has 0 aliphatic heterocycles. The van der Waals surface area contributed by atoms with Crippen molar-refractivity contribution in [2.75, 3.05) is 0 Å². The maximum Gasteiger partial charge on any atom is 0.132 e. The van der Waals surface area contributed by atoms with E-state index >= 15 is 0 Å². The van der Waals surface area contributed by atoms with Crippen molar-refractivity contribution in [3.8, 4) is 0 Å². The van der Waals surface area contributed by atoms with E-state index in [-0.39, 0.29) is 5.82 Å². The third kappa shape index (κ3) is 1.18. The highest BCUT2D eigenvalue weighted by atomic mass is 79.9. The lowest BCUT2D eigenvalue weighted by molar-refractivity contribution is 0.639. The van der Waals surface area contributed by atoms with Crippen LogP contribution in [0.25, 0.3) is 10.9 Å².